The molecule has 33 heavy (non-hydrogen) atoms. The molecule has 0 heterocycles. The Kier molecular flexibility index (Phi) is 9.55. The summed E-state index contributed by atoms with van der Waals surface area (Å²) < 4.78 is 66.6. The summed E-state index contributed by atoms with van der Waals surface area (Å²) in [5.41, 5.74) is 4.86. The van der Waals surface area contributed by atoms with Gasteiger partial charge in [-0.3, -0.25) is 4.57 Å². The molecule has 1 atom stereocenters. The van der Waals surface area contributed by atoms with Gasteiger partial charge in [-0.2, -0.15) is 13.2 Å². The van der Waals surface area contributed by atoms with Gasteiger partial charge in [0.2, 0.25) is 0 Å². The third kappa shape index (κ3) is 7.84. The van der Waals surface area contributed by atoms with E-state index in [9.17, 15) is 22.8 Å². The maximum atomic E-state index is 13.2. The van der Waals surface area contributed by atoms with E-state index in [1.807, 2.05) is 0 Å². The average Bonchev–Trinajstić information content (AvgIpc) is 2.78. The zero-order valence-corrected chi connectivity index (χ0v) is 19.8. The average molecular weight is 508 g/mol. The number of para-hydroxylation sites is 1. The molecule has 0 aliphatic carbocycles. The normalized spacial score (nSPS) is 14.4. The van der Waals surface area contributed by atoms with Gasteiger partial charge in [0.25, 0.3) is 0 Å². The molecule has 0 bridgehead atoms. The highest BCUT2D eigenvalue weighted by atomic mass is 35.5. The number of hydrogen-bond acceptors (Lipinski definition) is 6. The molecule has 0 spiro atoms. The van der Waals surface area contributed by atoms with Crippen LogP contribution in [0.3, 0.4) is 0 Å². The number of aliphatic hydroxyl groups is 1. The lowest BCUT2D eigenvalue weighted by molar-refractivity contribution is -0.138. The fourth-order valence-electron chi connectivity index (χ4n) is 2.97. The van der Waals surface area contributed by atoms with Gasteiger partial charge in [0.1, 0.15) is 11.5 Å². The summed E-state index contributed by atoms with van der Waals surface area (Å²) in [4.78, 5) is 0. The maximum absolute atomic E-state index is 13.2. The van der Waals surface area contributed by atoms with Gasteiger partial charge in [0.05, 0.1) is 17.7 Å². The summed E-state index contributed by atoms with van der Waals surface area (Å²) in [6, 6.07) is 9.55. The Morgan fingerprint density at radius 2 is 1.82 bits per heavy atom. The van der Waals surface area contributed by atoms with E-state index >= 15 is 0 Å². The zero-order chi connectivity index (χ0) is 24.7. The summed E-state index contributed by atoms with van der Waals surface area (Å²) in [6.45, 7) is -0.393. The number of alkyl halides is 3. The second kappa shape index (κ2) is 11.5. The van der Waals surface area contributed by atoms with Gasteiger partial charge in [-0.15, -0.1) is 0 Å². The molecule has 0 amide bonds. The van der Waals surface area contributed by atoms with Crippen LogP contribution in [0.5, 0.6) is 11.5 Å². The van der Waals surface area contributed by atoms with Crippen LogP contribution in [0.4, 0.5) is 13.2 Å². The van der Waals surface area contributed by atoms with E-state index in [0.717, 1.165) is 11.6 Å². The summed E-state index contributed by atoms with van der Waals surface area (Å²) >= 11 is 6.30. The summed E-state index contributed by atoms with van der Waals surface area (Å²) in [5, 5.41) is 9.99. The number of benzene rings is 2. The van der Waals surface area contributed by atoms with Gasteiger partial charge in [-0.05, 0) is 49.1 Å². The van der Waals surface area contributed by atoms with Crippen molar-refractivity contribution in [1.29, 1.82) is 0 Å². The zero-order valence-electron chi connectivity index (χ0n) is 18.1. The largest absolute Gasteiger partial charge is 0.457 e. The molecule has 6 nitrogen and oxygen atoms in total. The summed E-state index contributed by atoms with van der Waals surface area (Å²) in [7, 11) is -0.937. The Bertz CT molecular complexity index is 1010. The van der Waals surface area contributed by atoms with Gasteiger partial charge in [-0.1, -0.05) is 35.9 Å². The molecular weight excluding hydrogens is 482 g/mol. The Hall–Kier alpha value is -1.87. The van der Waals surface area contributed by atoms with Crippen molar-refractivity contribution >= 4 is 19.2 Å². The predicted octanol–water partition coefficient (Wildman–Crippen LogP) is 6.16. The van der Waals surface area contributed by atoms with Crippen LogP contribution in [0.2, 0.25) is 5.02 Å². The molecule has 0 fully saturated rings. The lowest BCUT2D eigenvalue weighted by atomic mass is 9.93. The fraction of sp³-hybridized carbons (Fsp3) is 0.364. The topological polar surface area (TPSA) is 91.0 Å². The minimum absolute atomic E-state index is 0.168. The van der Waals surface area contributed by atoms with E-state index in [0.29, 0.717) is 24.3 Å². The Morgan fingerprint density at radius 1 is 1.15 bits per heavy atom. The highest BCUT2D eigenvalue weighted by Crippen LogP contribution is 2.48. The molecule has 0 saturated carbocycles. The minimum atomic E-state index is -4.55. The van der Waals surface area contributed by atoms with E-state index in [4.69, 9.17) is 31.1 Å². The quantitative estimate of drug-likeness (QED) is 0.354. The van der Waals surface area contributed by atoms with Crippen LogP contribution in [0.15, 0.2) is 54.4 Å². The first-order valence-electron chi connectivity index (χ1n) is 9.89. The first-order valence-corrected chi connectivity index (χ1v) is 11.9. The first kappa shape index (κ1) is 27.4. The van der Waals surface area contributed by atoms with Crippen molar-refractivity contribution in [1.82, 2.24) is 0 Å². The number of aliphatic hydroxyl groups excluding tert-OH is 1. The van der Waals surface area contributed by atoms with Crippen LogP contribution >= 0.6 is 19.2 Å². The van der Waals surface area contributed by atoms with Crippen molar-refractivity contribution < 1.29 is 36.6 Å². The van der Waals surface area contributed by atoms with Gasteiger partial charge in [-0.25, -0.2) is 0 Å². The SMILES string of the molecule is COP(=O)(C=CC(N)(CO)CCCc1ccc(Oc2ccccc2C(F)(F)F)cc1Cl)OC. The van der Waals surface area contributed by atoms with Crippen molar-refractivity contribution in [2.75, 3.05) is 20.8 Å². The van der Waals surface area contributed by atoms with E-state index in [1.54, 1.807) is 6.07 Å². The molecule has 2 rings (SSSR count). The van der Waals surface area contributed by atoms with E-state index in [1.165, 1.54) is 56.4 Å². The van der Waals surface area contributed by atoms with Crippen molar-refractivity contribution in [2.24, 2.45) is 5.73 Å². The van der Waals surface area contributed by atoms with E-state index in [-0.39, 0.29) is 11.5 Å². The van der Waals surface area contributed by atoms with Crippen molar-refractivity contribution in [3.63, 3.8) is 0 Å². The van der Waals surface area contributed by atoms with Crippen LogP contribution in [-0.2, 0) is 26.2 Å². The van der Waals surface area contributed by atoms with Crippen LogP contribution in [0, 0.1) is 0 Å². The standard InChI is InChI=1S/C22H26ClF3NO5P/c1-30-33(29,31-2)13-12-21(27,15-28)11-5-6-16-9-10-17(14-19(16)23)32-20-8-4-3-7-18(20)22(24,25)26/h3-4,7-10,12-14,28H,5-6,11,15,27H2,1-2H3. The van der Waals surface area contributed by atoms with Crippen LogP contribution in [0.1, 0.15) is 24.0 Å². The molecule has 182 valence electrons. The highest BCUT2D eigenvalue weighted by Gasteiger charge is 2.34. The predicted molar refractivity (Wildman–Crippen MR) is 121 cm³/mol. The third-order valence-corrected chi connectivity index (χ3v) is 6.81. The van der Waals surface area contributed by atoms with Gasteiger partial charge in [0.15, 0.2) is 0 Å². The van der Waals surface area contributed by atoms with Crippen molar-refractivity contribution in [3.8, 4) is 11.5 Å². The number of halogens is 4. The van der Waals surface area contributed by atoms with E-state index in [2.05, 4.69) is 0 Å². The molecule has 1 unspecified atom stereocenters. The smallest absolute Gasteiger partial charge is 0.419 e. The van der Waals surface area contributed by atoms with Gasteiger partial charge < -0.3 is 24.6 Å². The molecule has 2 aromatic carbocycles. The number of aryl methyl sites for hydroxylation is 1. The summed E-state index contributed by atoms with van der Waals surface area (Å²) in [6.07, 6.45) is -1.81. The van der Waals surface area contributed by atoms with Gasteiger partial charge in [0, 0.05) is 25.1 Å². The second-order valence-electron chi connectivity index (χ2n) is 7.31. The first-order chi connectivity index (χ1) is 15.4. The minimum Gasteiger partial charge on any atom is -0.457 e. The lowest BCUT2D eigenvalue weighted by Crippen LogP contribution is -2.41. The number of rotatable bonds is 11. The monoisotopic (exact) mass is 507 g/mol. The molecule has 2 aromatic rings. The Morgan fingerprint density at radius 3 is 2.39 bits per heavy atom. The molecular formula is C22H26ClF3NO5P. The number of hydrogen-bond donors (Lipinski definition) is 2. The van der Waals surface area contributed by atoms with Crippen LogP contribution in [0.25, 0.3) is 0 Å². The van der Waals surface area contributed by atoms with Gasteiger partial charge >= 0.3 is 13.8 Å². The second-order valence-corrected chi connectivity index (χ2v) is 9.83. The van der Waals surface area contributed by atoms with E-state index < -0.39 is 31.5 Å². The Balaban J connectivity index is 2.05. The summed E-state index contributed by atoms with van der Waals surface area (Å²) in [5.74, 6) is 1.06. The highest BCUT2D eigenvalue weighted by molar-refractivity contribution is 7.57. The fourth-order valence-corrected chi connectivity index (χ4v) is 4.11. The molecule has 0 saturated heterocycles. The third-order valence-electron chi connectivity index (χ3n) is 4.93. The molecule has 0 radical (unpaired) electrons. The molecule has 0 aromatic heterocycles. The molecule has 3 N–H and O–H groups in total. The van der Waals surface area contributed by atoms with Crippen LogP contribution in [-0.4, -0.2) is 31.5 Å². The van der Waals surface area contributed by atoms with Crippen molar-refractivity contribution in [3.05, 3.63) is 70.5 Å². The Labute approximate surface area is 195 Å². The maximum Gasteiger partial charge on any atom is 0.419 e. The number of ether oxygens (including phenoxy) is 1. The lowest BCUT2D eigenvalue weighted by Gasteiger charge is -2.24. The van der Waals surface area contributed by atoms with Crippen molar-refractivity contribution in [2.45, 2.75) is 31.0 Å². The number of nitrogens with two attached hydrogens (primary N) is 1. The molecule has 0 aliphatic rings. The molecule has 0 aliphatic heterocycles. The molecule has 11 heteroatoms. The van der Waals surface area contributed by atoms with Crippen LogP contribution < -0.4 is 10.5 Å².